The van der Waals surface area contributed by atoms with Crippen molar-refractivity contribution < 1.29 is 18.3 Å². The highest BCUT2D eigenvalue weighted by Crippen LogP contribution is 2.21. The minimum Gasteiger partial charge on any atom is -0.478 e. The summed E-state index contributed by atoms with van der Waals surface area (Å²) in [5, 5.41) is 10.9. The number of carboxylic acids is 1. The van der Waals surface area contributed by atoms with Crippen LogP contribution < -0.4 is 4.72 Å². The highest BCUT2D eigenvalue weighted by atomic mass is 32.2. The number of carboxylic acid groups (broad SMARTS) is 1. The van der Waals surface area contributed by atoms with Gasteiger partial charge in [-0.25, -0.2) is 22.9 Å². The van der Waals surface area contributed by atoms with Crippen LogP contribution >= 0.6 is 22.7 Å². The van der Waals surface area contributed by atoms with Crippen molar-refractivity contribution in [3.8, 4) is 0 Å². The molecule has 0 radical (unpaired) electrons. The molecule has 0 unspecified atom stereocenters. The smallest absolute Gasteiger partial charge is 0.336 e. The molecular formula is C10H10N2O4S3. The van der Waals surface area contributed by atoms with Crippen molar-refractivity contribution in [1.29, 1.82) is 0 Å². The minimum atomic E-state index is -3.68. The Morgan fingerprint density at radius 1 is 1.53 bits per heavy atom. The van der Waals surface area contributed by atoms with E-state index in [1.807, 2.05) is 6.92 Å². The van der Waals surface area contributed by atoms with E-state index >= 15 is 0 Å². The Bertz CT molecular complexity index is 702. The van der Waals surface area contributed by atoms with Gasteiger partial charge >= 0.3 is 5.97 Å². The molecule has 102 valence electrons. The second kappa shape index (κ2) is 5.37. The first-order valence-corrected chi connectivity index (χ1v) is 8.29. The molecular weight excluding hydrogens is 308 g/mol. The van der Waals surface area contributed by atoms with E-state index in [1.54, 1.807) is 6.20 Å². The molecule has 0 saturated heterocycles. The number of sulfonamides is 1. The van der Waals surface area contributed by atoms with Gasteiger partial charge < -0.3 is 5.11 Å². The van der Waals surface area contributed by atoms with E-state index in [0.717, 1.165) is 27.3 Å². The number of thiophene rings is 1. The normalized spacial score (nSPS) is 11.6. The van der Waals surface area contributed by atoms with Crippen molar-refractivity contribution in [3.05, 3.63) is 33.1 Å². The van der Waals surface area contributed by atoms with E-state index in [9.17, 15) is 13.2 Å². The number of nitrogens with zero attached hydrogens (tertiary/aromatic N) is 1. The Morgan fingerprint density at radius 3 is 2.79 bits per heavy atom. The lowest BCUT2D eigenvalue weighted by molar-refractivity contribution is 0.0697. The molecule has 2 heterocycles. The fraction of sp³-hybridized carbons (Fsp3) is 0.200. The first-order chi connectivity index (χ1) is 8.88. The third kappa shape index (κ3) is 3.38. The Hall–Kier alpha value is -1.29. The predicted molar refractivity (Wildman–Crippen MR) is 72.2 cm³/mol. The number of hydrogen-bond donors (Lipinski definition) is 2. The van der Waals surface area contributed by atoms with Crippen LogP contribution in [0.15, 0.2) is 21.9 Å². The number of aromatic nitrogens is 1. The average Bonchev–Trinajstić information content (AvgIpc) is 2.95. The van der Waals surface area contributed by atoms with E-state index in [0.29, 0.717) is 0 Å². The van der Waals surface area contributed by atoms with Crippen LogP contribution in [0.5, 0.6) is 0 Å². The fourth-order valence-corrected chi connectivity index (χ4v) is 4.32. The van der Waals surface area contributed by atoms with Crippen molar-refractivity contribution >= 4 is 38.7 Å². The van der Waals surface area contributed by atoms with E-state index < -0.39 is 16.0 Å². The van der Waals surface area contributed by atoms with Gasteiger partial charge in [-0.1, -0.05) is 0 Å². The number of hydrogen-bond acceptors (Lipinski definition) is 6. The predicted octanol–water partition coefficient (Wildman–Crippen LogP) is 1.69. The number of thiazole rings is 1. The van der Waals surface area contributed by atoms with Gasteiger partial charge in [0.2, 0.25) is 10.0 Å². The van der Waals surface area contributed by atoms with Gasteiger partial charge in [-0.2, -0.15) is 0 Å². The molecule has 0 fully saturated rings. The maximum absolute atomic E-state index is 11.9. The van der Waals surface area contributed by atoms with Gasteiger partial charge in [0.1, 0.15) is 4.21 Å². The quantitative estimate of drug-likeness (QED) is 0.874. The lowest BCUT2D eigenvalue weighted by Gasteiger charge is -2.01. The monoisotopic (exact) mass is 318 g/mol. The molecule has 6 nitrogen and oxygen atoms in total. The third-order valence-corrected chi connectivity index (χ3v) is 5.95. The molecule has 0 spiro atoms. The Balaban J connectivity index is 2.11. The molecule has 0 atom stereocenters. The standard InChI is InChI=1S/C10H10N2O4S3/c1-6-11-3-8(18-6)4-12-19(15,16)9-2-7(5-17-9)10(13)14/h2-3,5,12H,4H2,1H3,(H,13,14). The highest BCUT2D eigenvalue weighted by molar-refractivity contribution is 7.91. The van der Waals surface area contributed by atoms with E-state index in [1.165, 1.54) is 16.7 Å². The summed E-state index contributed by atoms with van der Waals surface area (Å²) in [6, 6.07) is 1.15. The summed E-state index contributed by atoms with van der Waals surface area (Å²) in [5.74, 6) is -1.14. The highest BCUT2D eigenvalue weighted by Gasteiger charge is 2.18. The van der Waals surface area contributed by atoms with Crippen LogP contribution in [0.2, 0.25) is 0 Å². The lowest BCUT2D eigenvalue weighted by Crippen LogP contribution is -2.21. The van der Waals surface area contributed by atoms with Crippen molar-refractivity contribution in [1.82, 2.24) is 9.71 Å². The zero-order chi connectivity index (χ0) is 14.0. The second-order valence-electron chi connectivity index (χ2n) is 3.63. The van der Waals surface area contributed by atoms with Gasteiger partial charge in [0.25, 0.3) is 0 Å². The largest absolute Gasteiger partial charge is 0.478 e. The van der Waals surface area contributed by atoms with Crippen LogP contribution in [0.4, 0.5) is 0 Å². The summed E-state index contributed by atoms with van der Waals surface area (Å²) < 4.78 is 26.3. The molecule has 0 aliphatic heterocycles. The zero-order valence-electron chi connectivity index (χ0n) is 9.78. The summed E-state index contributed by atoms with van der Waals surface area (Å²) in [5.41, 5.74) is -0.0287. The maximum atomic E-state index is 11.9. The van der Waals surface area contributed by atoms with Crippen molar-refractivity contribution in [3.63, 3.8) is 0 Å². The number of rotatable bonds is 5. The summed E-state index contributed by atoms with van der Waals surface area (Å²) in [4.78, 5) is 15.5. The van der Waals surface area contributed by atoms with Gasteiger partial charge in [-0.05, 0) is 13.0 Å². The first-order valence-electron chi connectivity index (χ1n) is 5.11. The topological polar surface area (TPSA) is 96.4 Å². The average molecular weight is 318 g/mol. The summed E-state index contributed by atoms with van der Waals surface area (Å²) in [7, 11) is -3.68. The third-order valence-electron chi connectivity index (χ3n) is 2.19. The van der Waals surface area contributed by atoms with Gasteiger partial charge in [0.15, 0.2) is 0 Å². The number of aryl methyl sites for hydroxylation is 1. The number of carbonyl (C=O) groups is 1. The molecule has 2 rings (SSSR count). The molecule has 19 heavy (non-hydrogen) atoms. The zero-order valence-corrected chi connectivity index (χ0v) is 12.2. The summed E-state index contributed by atoms with van der Waals surface area (Å²) >= 11 is 2.29. The van der Waals surface area contributed by atoms with Crippen LogP contribution in [0.25, 0.3) is 0 Å². The Morgan fingerprint density at radius 2 is 2.26 bits per heavy atom. The lowest BCUT2D eigenvalue weighted by atomic mass is 10.4. The second-order valence-corrected chi connectivity index (χ2v) is 7.85. The van der Waals surface area contributed by atoms with E-state index in [4.69, 9.17) is 5.11 Å². The molecule has 0 aliphatic rings. The molecule has 2 N–H and O–H groups in total. The minimum absolute atomic E-state index is 0.00821. The van der Waals surface area contributed by atoms with E-state index in [-0.39, 0.29) is 16.3 Å². The van der Waals surface area contributed by atoms with Crippen molar-refractivity contribution in [2.45, 2.75) is 17.7 Å². The van der Waals surface area contributed by atoms with Gasteiger partial charge in [0.05, 0.1) is 10.6 Å². The SMILES string of the molecule is Cc1ncc(CNS(=O)(=O)c2cc(C(=O)O)cs2)s1. The molecule has 0 saturated carbocycles. The molecule has 9 heteroatoms. The summed E-state index contributed by atoms with van der Waals surface area (Å²) in [6.07, 6.45) is 1.61. The van der Waals surface area contributed by atoms with Crippen LogP contribution in [-0.4, -0.2) is 24.5 Å². The summed E-state index contributed by atoms with van der Waals surface area (Å²) in [6.45, 7) is 1.98. The number of aromatic carboxylic acids is 1. The Kier molecular flexibility index (Phi) is 3.99. The van der Waals surface area contributed by atoms with Gasteiger partial charge in [-0.15, -0.1) is 22.7 Å². The molecule has 0 aromatic carbocycles. The van der Waals surface area contributed by atoms with Crippen LogP contribution in [0.1, 0.15) is 20.2 Å². The number of nitrogens with one attached hydrogen (secondary N) is 1. The van der Waals surface area contributed by atoms with Crippen molar-refractivity contribution in [2.75, 3.05) is 0 Å². The van der Waals surface area contributed by atoms with Crippen LogP contribution in [0.3, 0.4) is 0 Å². The molecule has 0 amide bonds. The molecule has 0 bridgehead atoms. The molecule has 2 aromatic rings. The van der Waals surface area contributed by atoms with E-state index in [2.05, 4.69) is 9.71 Å². The van der Waals surface area contributed by atoms with Crippen molar-refractivity contribution in [2.24, 2.45) is 0 Å². The van der Waals surface area contributed by atoms with Gasteiger partial charge in [-0.3, -0.25) is 0 Å². The molecule has 2 aromatic heterocycles. The maximum Gasteiger partial charge on any atom is 0.336 e. The van der Waals surface area contributed by atoms with Gasteiger partial charge in [0, 0.05) is 23.0 Å². The first kappa shape index (κ1) is 14.1. The Labute approximate surface area is 117 Å². The van der Waals surface area contributed by atoms with Crippen LogP contribution in [0, 0.1) is 6.92 Å². The van der Waals surface area contributed by atoms with Crippen LogP contribution in [-0.2, 0) is 16.6 Å². The fourth-order valence-electron chi connectivity index (χ4n) is 1.29. The molecule has 0 aliphatic carbocycles.